The number of hydrogen-bond donors (Lipinski definition) is 2. The van der Waals surface area contributed by atoms with Crippen LogP contribution in [0, 0.1) is 6.92 Å². The highest BCUT2D eigenvalue weighted by atomic mass is 32.1. The molecule has 0 spiro atoms. The topological polar surface area (TPSA) is 74.3 Å². The Morgan fingerprint density at radius 3 is 2.76 bits per heavy atom. The van der Waals surface area contributed by atoms with E-state index in [0.29, 0.717) is 24.2 Å². The molecule has 25 heavy (non-hydrogen) atoms. The number of thiazole rings is 1. The van der Waals surface area contributed by atoms with Crippen molar-refractivity contribution in [3.63, 3.8) is 0 Å². The lowest BCUT2D eigenvalue weighted by Crippen LogP contribution is -2.31. The summed E-state index contributed by atoms with van der Waals surface area (Å²) >= 11 is 1.55. The Bertz CT molecular complexity index is 740. The van der Waals surface area contributed by atoms with Crippen molar-refractivity contribution in [1.29, 1.82) is 0 Å². The van der Waals surface area contributed by atoms with Gasteiger partial charge in [0.2, 0.25) is 0 Å². The average molecular weight is 358 g/mol. The van der Waals surface area contributed by atoms with Gasteiger partial charge in [-0.15, -0.1) is 11.3 Å². The molecule has 0 unspecified atom stereocenters. The molecule has 0 aliphatic carbocycles. The molecule has 132 valence electrons. The van der Waals surface area contributed by atoms with E-state index < -0.39 is 0 Å². The number of amides is 3. The van der Waals surface area contributed by atoms with Crippen molar-refractivity contribution >= 4 is 29.0 Å². The Morgan fingerprint density at radius 1 is 1.28 bits per heavy atom. The van der Waals surface area contributed by atoms with E-state index in [-0.39, 0.29) is 11.9 Å². The number of aromatic nitrogens is 1. The van der Waals surface area contributed by atoms with Crippen molar-refractivity contribution in [2.24, 2.45) is 0 Å². The van der Waals surface area contributed by atoms with Crippen LogP contribution >= 0.6 is 11.3 Å². The first-order chi connectivity index (χ1) is 12.1. The highest BCUT2D eigenvalue weighted by Crippen LogP contribution is 2.19. The lowest BCUT2D eigenvalue weighted by atomic mass is 10.1. The molecule has 1 aliphatic rings. The molecule has 2 heterocycles. The predicted octanol–water partition coefficient (Wildman–Crippen LogP) is 3.05. The number of rotatable bonds is 5. The van der Waals surface area contributed by atoms with E-state index in [4.69, 9.17) is 0 Å². The molecule has 1 saturated heterocycles. The van der Waals surface area contributed by atoms with Crippen molar-refractivity contribution in [2.75, 3.05) is 25.0 Å². The quantitative estimate of drug-likeness (QED) is 0.863. The minimum atomic E-state index is -0.253. The SMILES string of the molecule is Cc1cc(C(=O)N2CCCC2)ccc1NC(=O)NCCc1cscn1. The maximum atomic E-state index is 12.4. The van der Waals surface area contributed by atoms with E-state index in [9.17, 15) is 9.59 Å². The second kappa shape index (κ2) is 8.11. The fraction of sp³-hybridized carbons (Fsp3) is 0.389. The molecule has 3 rings (SSSR count). The lowest BCUT2D eigenvalue weighted by molar-refractivity contribution is 0.0792. The Labute approximate surface area is 151 Å². The fourth-order valence-corrected chi connectivity index (χ4v) is 3.46. The third-order valence-electron chi connectivity index (χ3n) is 4.26. The molecule has 6 nitrogen and oxygen atoms in total. The molecule has 2 aromatic rings. The molecule has 1 aliphatic heterocycles. The van der Waals surface area contributed by atoms with Crippen LogP contribution < -0.4 is 10.6 Å². The molecule has 7 heteroatoms. The summed E-state index contributed by atoms with van der Waals surface area (Å²) < 4.78 is 0. The molecular formula is C18H22N4O2S. The first-order valence-corrected chi connectivity index (χ1v) is 9.39. The van der Waals surface area contributed by atoms with Gasteiger partial charge in [0.1, 0.15) is 0 Å². The number of anilines is 1. The number of nitrogens with zero attached hydrogens (tertiary/aromatic N) is 2. The van der Waals surface area contributed by atoms with Crippen LogP contribution in [-0.2, 0) is 6.42 Å². The molecule has 0 radical (unpaired) electrons. The van der Waals surface area contributed by atoms with Crippen LogP contribution in [-0.4, -0.2) is 41.5 Å². The molecule has 3 amide bonds. The summed E-state index contributed by atoms with van der Waals surface area (Å²) in [7, 11) is 0. The Morgan fingerprint density at radius 2 is 2.08 bits per heavy atom. The first kappa shape index (κ1) is 17.4. The lowest BCUT2D eigenvalue weighted by Gasteiger charge is -2.16. The van der Waals surface area contributed by atoms with E-state index >= 15 is 0 Å². The summed E-state index contributed by atoms with van der Waals surface area (Å²) in [4.78, 5) is 30.5. The summed E-state index contributed by atoms with van der Waals surface area (Å²) in [6, 6.07) is 5.15. The van der Waals surface area contributed by atoms with Crippen molar-refractivity contribution in [1.82, 2.24) is 15.2 Å². The zero-order chi connectivity index (χ0) is 17.6. The predicted molar refractivity (Wildman–Crippen MR) is 99.2 cm³/mol. The summed E-state index contributed by atoms with van der Waals surface area (Å²) in [5.41, 5.74) is 5.02. The normalized spacial score (nSPS) is 13.7. The Kier molecular flexibility index (Phi) is 5.65. The molecule has 0 atom stereocenters. The van der Waals surface area contributed by atoms with Crippen LogP contribution in [0.4, 0.5) is 10.5 Å². The van der Waals surface area contributed by atoms with Gasteiger partial charge in [0.05, 0.1) is 11.2 Å². The van der Waals surface area contributed by atoms with Crippen LogP contribution in [0.5, 0.6) is 0 Å². The molecule has 0 saturated carbocycles. The van der Waals surface area contributed by atoms with Crippen LogP contribution in [0.15, 0.2) is 29.1 Å². The third kappa shape index (κ3) is 4.57. The largest absolute Gasteiger partial charge is 0.339 e. The van der Waals surface area contributed by atoms with Crippen molar-refractivity contribution in [3.8, 4) is 0 Å². The van der Waals surface area contributed by atoms with Gasteiger partial charge >= 0.3 is 6.03 Å². The Hall–Kier alpha value is -2.41. The number of benzene rings is 1. The highest BCUT2D eigenvalue weighted by molar-refractivity contribution is 7.07. The van der Waals surface area contributed by atoms with E-state index in [1.807, 2.05) is 23.3 Å². The highest BCUT2D eigenvalue weighted by Gasteiger charge is 2.19. The van der Waals surface area contributed by atoms with Crippen LogP contribution in [0.25, 0.3) is 0 Å². The number of hydrogen-bond acceptors (Lipinski definition) is 4. The number of likely N-dealkylation sites (tertiary alicyclic amines) is 1. The summed E-state index contributed by atoms with van der Waals surface area (Å²) in [6.45, 7) is 4.09. The number of urea groups is 1. The number of aryl methyl sites for hydroxylation is 1. The monoisotopic (exact) mass is 358 g/mol. The molecule has 1 fully saturated rings. The van der Waals surface area contributed by atoms with Gasteiger partial charge in [-0.05, 0) is 43.5 Å². The first-order valence-electron chi connectivity index (χ1n) is 8.45. The van der Waals surface area contributed by atoms with Gasteiger partial charge in [0, 0.05) is 42.7 Å². The van der Waals surface area contributed by atoms with Gasteiger partial charge in [-0.1, -0.05) is 0 Å². The van der Waals surface area contributed by atoms with Gasteiger partial charge in [-0.25, -0.2) is 9.78 Å². The minimum Gasteiger partial charge on any atom is -0.339 e. The maximum Gasteiger partial charge on any atom is 0.319 e. The van der Waals surface area contributed by atoms with E-state index in [1.165, 1.54) is 0 Å². The van der Waals surface area contributed by atoms with Gasteiger partial charge < -0.3 is 15.5 Å². The van der Waals surface area contributed by atoms with Gasteiger partial charge in [0.25, 0.3) is 5.91 Å². The van der Waals surface area contributed by atoms with E-state index in [1.54, 1.807) is 29.0 Å². The standard InChI is InChI=1S/C18H22N4O2S/c1-13-10-14(17(23)22-8-2-3-9-22)4-5-16(13)21-18(24)19-7-6-15-11-25-12-20-15/h4-5,10-12H,2-3,6-9H2,1H3,(H2,19,21,24). The maximum absolute atomic E-state index is 12.4. The van der Waals surface area contributed by atoms with Gasteiger partial charge in [0.15, 0.2) is 0 Å². The van der Waals surface area contributed by atoms with E-state index in [0.717, 1.165) is 37.2 Å². The minimum absolute atomic E-state index is 0.0693. The smallest absolute Gasteiger partial charge is 0.319 e. The fourth-order valence-electron chi connectivity index (χ4n) is 2.87. The number of nitrogens with one attached hydrogen (secondary N) is 2. The van der Waals surface area contributed by atoms with Crippen molar-refractivity contribution < 1.29 is 9.59 Å². The van der Waals surface area contributed by atoms with Gasteiger partial charge in [-0.2, -0.15) is 0 Å². The average Bonchev–Trinajstić information content (AvgIpc) is 3.29. The second-order valence-corrected chi connectivity index (χ2v) is 6.86. The molecule has 1 aromatic carbocycles. The van der Waals surface area contributed by atoms with Gasteiger partial charge in [-0.3, -0.25) is 4.79 Å². The van der Waals surface area contributed by atoms with Crippen LogP contribution in [0.2, 0.25) is 0 Å². The Balaban J connectivity index is 1.53. The third-order valence-corrected chi connectivity index (χ3v) is 4.90. The van der Waals surface area contributed by atoms with Crippen molar-refractivity contribution in [3.05, 3.63) is 45.9 Å². The number of carbonyl (C=O) groups is 2. The molecule has 1 aromatic heterocycles. The van der Waals surface area contributed by atoms with E-state index in [2.05, 4.69) is 15.6 Å². The summed E-state index contributed by atoms with van der Waals surface area (Å²) in [6.07, 6.45) is 2.86. The zero-order valence-corrected chi connectivity index (χ0v) is 15.1. The molecule has 2 N–H and O–H groups in total. The molecule has 0 bridgehead atoms. The zero-order valence-electron chi connectivity index (χ0n) is 14.2. The summed E-state index contributed by atoms with van der Waals surface area (Å²) in [5, 5.41) is 7.62. The summed E-state index contributed by atoms with van der Waals surface area (Å²) in [5.74, 6) is 0.0693. The second-order valence-electron chi connectivity index (χ2n) is 6.14. The van der Waals surface area contributed by atoms with Crippen molar-refractivity contribution in [2.45, 2.75) is 26.2 Å². The number of carbonyl (C=O) groups excluding carboxylic acids is 2. The van der Waals surface area contributed by atoms with Crippen LogP contribution in [0.3, 0.4) is 0 Å². The molecular weight excluding hydrogens is 336 g/mol. The van der Waals surface area contributed by atoms with Crippen LogP contribution in [0.1, 0.15) is 34.5 Å².